The van der Waals surface area contributed by atoms with Gasteiger partial charge < -0.3 is 15.1 Å². The summed E-state index contributed by atoms with van der Waals surface area (Å²) < 4.78 is 0. The normalized spacial score (nSPS) is 13.9. The van der Waals surface area contributed by atoms with Gasteiger partial charge in [-0.25, -0.2) is 0 Å². The number of carbonyl (C=O) groups excluding carboxylic acids is 2. The average molecular weight is 490 g/mol. The molecule has 6 heteroatoms. The average Bonchev–Trinajstić information content (AvgIpc) is 2.89. The Morgan fingerprint density at radius 1 is 0.829 bits per heavy atom. The smallest absolute Gasteiger partial charge is 0.258 e. The van der Waals surface area contributed by atoms with Gasteiger partial charge >= 0.3 is 0 Å². The highest BCUT2D eigenvalue weighted by atomic mass is 35.5. The van der Waals surface area contributed by atoms with Crippen LogP contribution in [-0.4, -0.2) is 42.9 Å². The Bertz CT molecular complexity index is 1100. The van der Waals surface area contributed by atoms with Crippen molar-refractivity contribution in [3.63, 3.8) is 0 Å². The molecule has 1 fully saturated rings. The van der Waals surface area contributed by atoms with Crippen LogP contribution in [0, 0.1) is 0 Å². The van der Waals surface area contributed by atoms with Gasteiger partial charge in [-0.15, -0.1) is 0 Å². The topological polar surface area (TPSA) is 52.7 Å². The molecule has 0 spiro atoms. The number of likely N-dealkylation sites (tertiary alicyclic amines) is 1. The minimum atomic E-state index is -0.103. The highest BCUT2D eigenvalue weighted by Gasteiger charge is 2.19. The van der Waals surface area contributed by atoms with Crippen LogP contribution in [-0.2, 0) is 17.8 Å². The molecule has 1 aliphatic heterocycles. The number of piperidine rings is 1. The first kappa shape index (κ1) is 25.0. The first-order valence-electron chi connectivity index (χ1n) is 12.3. The lowest BCUT2D eigenvalue weighted by Crippen LogP contribution is -2.38. The van der Waals surface area contributed by atoms with Crippen molar-refractivity contribution >= 4 is 29.1 Å². The fraction of sp³-hybridized carbons (Fsp3) is 0.310. The molecule has 35 heavy (non-hydrogen) atoms. The minimum absolute atomic E-state index is 0.0214. The van der Waals surface area contributed by atoms with E-state index in [0.717, 1.165) is 36.4 Å². The first-order chi connectivity index (χ1) is 17.1. The van der Waals surface area contributed by atoms with Crippen LogP contribution in [0.5, 0.6) is 0 Å². The number of halogens is 1. The maximum Gasteiger partial charge on any atom is 0.258 e. The van der Waals surface area contributed by atoms with E-state index in [-0.39, 0.29) is 11.8 Å². The zero-order chi connectivity index (χ0) is 24.5. The van der Waals surface area contributed by atoms with Gasteiger partial charge in [0, 0.05) is 29.4 Å². The lowest BCUT2D eigenvalue weighted by molar-refractivity contribution is -0.120. The molecule has 1 aliphatic rings. The fourth-order valence-electron chi connectivity index (χ4n) is 4.37. The van der Waals surface area contributed by atoms with Crippen LogP contribution in [0.1, 0.15) is 40.7 Å². The number of hydrogen-bond acceptors (Lipinski definition) is 3. The SMILES string of the molecule is O=C(Cc1ccc(N(Cc2ccccc2)C(=O)c2ccc(Cl)cc2)cc1)NCCN1CCCCC1. The van der Waals surface area contributed by atoms with E-state index < -0.39 is 0 Å². The van der Waals surface area contributed by atoms with Crippen LogP contribution in [0.3, 0.4) is 0 Å². The van der Waals surface area contributed by atoms with E-state index in [9.17, 15) is 9.59 Å². The van der Waals surface area contributed by atoms with Crippen molar-refractivity contribution in [3.8, 4) is 0 Å². The van der Waals surface area contributed by atoms with Crippen molar-refractivity contribution < 1.29 is 9.59 Å². The van der Waals surface area contributed by atoms with E-state index in [2.05, 4.69) is 10.2 Å². The van der Waals surface area contributed by atoms with Crippen molar-refractivity contribution in [2.45, 2.75) is 32.2 Å². The highest BCUT2D eigenvalue weighted by Crippen LogP contribution is 2.22. The lowest BCUT2D eigenvalue weighted by atomic mass is 10.1. The summed E-state index contributed by atoms with van der Waals surface area (Å²) in [4.78, 5) is 30.0. The molecule has 1 N–H and O–H groups in total. The number of carbonyl (C=O) groups is 2. The van der Waals surface area contributed by atoms with Crippen LogP contribution < -0.4 is 10.2 Å². The van der Waals surface area contributed by atoms with E-state index in [1.165, 1.54) is 19.3 Å². The lowest BCUT2D eigenvalue weighted by Gasteiger charge is -2.26. The molecule has 0 aliphatic carbocycles. The van der Waals surface area contributed by atoms with Gasteiger partial charge in [0.05, 0.1) is 13.0 Å². The Labute approximate surface area is 212 Å². The van der Waals surface area contributed by atoms with Gasteiger partial charge in [0.1, 0.15) is 0 Å². The van der Waals surface area contributed by atoms with Crippen LogP contribution in [0.2, 0.25) is 5.02 Å². The summed E-state index contributed by atoms with van der Waals surface area (Å²) in [6, 6.07) is 24.5. The van der Waals surface area contributed by atoms with Crippen molar-refractivity contribution in [1.29, 1.82) is 0 Å². The zero-order valence-electron chi connectivity index (χ0n) is 20.0. The van der Waals surface area contributed by atoms with Crippen LogP contribution in [0.15, 0.2) is 78.9 Å². The second-order valence-corrected chi connectivity index (χ2v) is 9.42. The summed E-state index contributed by atoms with van der Waals surface area (Å²) in [7, 11) is 0. The second-order valence-electron chi connectivity index (χ2n) is 8.98. The number of nitrogens with one attached hydrogen (secondary N) is 1. The van der Waals surface area contributed by atoms with E-state index >= 15 is 0 Å². The molecule has 182 valence electrons. The molecule has 5 nitrogen and oxygen atoms in total. The van der Waals surface area contributed by atoms with E-state index in [0.29, 0.717) is 30.1 Å². The van der Waals surface area contributed by atoms with Crippen molar-refractivity contribution in [2.24, 2.45) is 0 Å². The molecule has 0 radical (unpaired) electrons. The van der Waals surface area contributed by atoms with Gasteiger partial charge in [-0.1, -0.05) is 60.5 Å². The summed E-state index contributed by atoms with van der Waals surface area (Å²) in [6.45, 7) is 4.29. The summed E-state index contributed by atoms with van der Waals surface area (Å²) in [5.41, 5.74) is 3.31. The molecule has 0 aromatic heterocycles. The number of nitrogens with zero attached hydrogens (tertiary/aromatic N) is 2. The molecule has 4 rings (SSSR count). The monoisotopic (exact) mass is 489 g/mol. The second kappa shape index (κ2) is 12.5. The maximum atomic E-state index is 13.4. The van der Waals surface area contributed by atoms with Gasteiger partial charge in [0.15, 0.2) is 0 Å². The third-order valence-corrected chi connectivity index (χ3v) is 6.58. The Morgan fingerprint density at radius 3 is 2.20 bits per heavy atom. The molecule has 2 amide bonds. The number of amides is 2. The van der Waals surface area contributed by atoms with Gasteiger partial charge in [0.2, 0.25) is 5.91 Å². The summed E-state index contributed by atoms with van der Waals surface area (Å²) in [5, 5.41) is 3.63. The zero-order valence-corrected chi connectivity index (χ0v) is 20.7. The van der Waals surface area contributed by atoms with Gasteiger partial charge in [-0.05, 0) is 73.5 Å². The summed E-state index contributed by atoms with van der Waals surface area (Å²) in [6.07, 6.45) is 4.14. The standard InChI is InChI=1S/C29H32ClN3O2/c30-26-13-11-25(12-14-26)29(35)33(22-24-7-3-1-4-8-24)27-15-9-23(10-16-27)21-28(34)31-17-20-32-18-5-2-6-19-32/h1,3-4,7-16H,2,5-6,17-22H2,(H,31,34). The predicted molar refractivity (Wildman–Crippen MR) is 142 cm³/mol. The minimum Gasteiger partial charge on any atom is -0.355 e. The molecule has 3 aromatic carbocycles. The van der Waals surface area contributed by atoms with E-state index in [1.807, 2.05) is 54.6 Å². The van der Waals surface area contributed by atoms with Crippen molar-refractivity contribution in [1.82, 2.24) is 10.2 Å². The number of hydrogen-bond donors (Lipinski definition) is 1. The highest BCUT2D eigenvalue weighted by molar-refractivity contribution is 6.30. The molecule has 0 saturated carbocycles. The largest absolute Gasteiger partial charge is 0.355 e. The molecular formula is C29H32ClN3O2. The summed E-state index contributed by atoms with van der Waals surface area (Å²) >= 11 is 6.01. The van der Waals surface area contributed by atoms with Crippen LogP contribution in [0.25, 0.3) is 0 Å². The molecule has 1 saturated heterocycles. The van der Waals surface area contributed by atoms with Gasteiger partial charge in [-0.3, -0.25) is 9.59 Å². The Hall–Kier alpha value is -3.15. The number of benzene rings is 3. The van der Waals surface area contributed by atoms with Crippen molar-refractivity contribution in [3.05, 3.63) is 101 Å². The van der Waals surface area contributed by atoms with Crippen LogP contribution >= 0.6 is 11.6 Å². The Balaban J connectivity index is 1.40. The molecule has 0 unspecified atom stereocenters. The van der Waals surface area contributed by atoms with Crippen molar-refractivity contribution in [2.75, 3.05) is 31.1 Å². The van der Waals surface area contributed by atoms with Gasteiger partial charge in [-0.2, -0.15) is 0 Å². The summed E-state index contributed by atoms with van der Waals surface area (Å²) in [5.74, 6) is -0.0816. The first-order valence-corrected chi connectivity index (χ1v) is 12.7. The van der Waals surface area contributed by atoms with E-state index in [1.54, 1.807) is 29.2 Å². The Kier molecular flexibility index (Phi) is 8.93. The maximum absolute atomic E-state index is 13.4. The quantitative estimate of drug-likeness (QED) is 0.442. The third-order valence-electron chi connectivity index (χ3n) is 6.33. The molecule has 0 bridgehead atoms. The van der Waals surface area contributed by atoms with Crippen LogP contribution in [0.4, 0.5) is 5.69 Å². The number of rotatable bonds is 9. The molecular weight excluding hydrogens is 458 g/mol. The van der Waals surface area contributed by atoms with Gasteiger partial charge in [0.25, 0.3) is 5.91 Å². The molecule has 0 atom stereocenters. The van der Waals surface area contributed by atoms with E-state index in [4.69, 9.17) is 11.6 Å². The fourth-order valence-corrected chi connectivity index (χ4v) is 4.50. The number of anilines is 1. The Morgan fingerprint density at radius 2 is 1.51 bits per heavy atom. The predicted octanol–water partition coefficient (Wildman–Crippen LogP) is 5.33. The molecule has 1 heterocycles. The third kappa shape index (κ3) is 7.41. The molecule has 3 aromatic rings.